The van der Waals surface area contributed by atoms with Crippen LogP contribution in [0, 0.1) is 0 Å². The lowest BCUT2D eigenvalue weighted by atomic mass is 10.0. The number of benzene rings is 2. The fourth-order valence-corrected chi connectivity index (χ4v) is 3.67. The first-order chi connectivity index (χ1) is 15.1. The highest BCUT2D eigenvalue weighted by atomic mass is 35.5. The SMILES string of the molecule is O=C(NCC(=O)N1CCN(c2ccc(Cl)cn2)CC1)c1ccc(-c2ccccc2)cc1. The topological polar surface area (TPSA) is 65.5 Å². The highest BCUT2D eigenvalue weighted by Crippen LogP contribution is 2.19. The number of anilines is 1. The van der Waals surface area contributed by atoms with Crippen molar-refractivity contribution in [2.24, 2.45) is 0 Å². The normalized spacial score (nSPS) is 13.7. The van der Waals surface area contributed by atoms with Gasteiger partial charge in [0.1, 0.15) is 5.82 Å². The minimum absolute atomic E-state index is 0.0154. The molecule has 0 saturated carbocycles. The second kappa shape index (κ2) is 9.62. The summed E-state index contributed by atoms with van der Waals surface area (Å²) < 4.78 is 0. The Kier molecular flexibility index (Phi) is 6.48. The van der Waals surface area contributed by atoms with Crippen LogP contribution in [0.15, 0.2) is 72.9 Å². The van der Waals surface area contributed by atoms with Gasteiger partial charge < -0.3 is 15.1 Å². The smallest absolute Gasteiger partial charge is 0.251 e. The molecular weight excluding hydrogens is 412 g/mol. The molecule has 0 aliphatic carbocycles. The molecule has 0 radical (unpaired) electrons. The summed E-state index contributed by atoms with van der Waals surface area (Å²) in [6.07, 6.45) is 1.62. The van der Waals surface area contributed by atoms with E-state index in [2.05, 4.69) is 15.2 Å². The van der Waals surface area contributed by atoms with Crippen LogP contribution < -0.4 is 10.2 Å². The molecule has 1 aliphatic rings. The minimum Gasteiger partial charge on any atom is -0.353 e. The van der Waals surface area contributed by atoms with Crippen molar-refractivity contribution in [2.75, 3.05) is 37.6 Å². The van der Waals surface area contributed by atoms with Gasteiger partial charge in [0.25, 0.3) is 5.91 Å². The molecule has 1 N–H and O–H groups in total. The summed E-state index contributed by atoms with van der Waals surface area (Å²) >= 11 is 5.89. The molecule has 3 aromatic rings. The first kappa shape index (κ1) is 20.9. The average molecular weight is 435 g/mol. The Balaban J connectivity index is 1.26. The van der Waals surface area contributed by atoms with Crippen LogP contribution >= 0.6 is 11.6 Å². The van der Waals surface area contributed by atoms with Crippen molar-refractivity contribution in [3.63, 3.8) is 0 Å². The van der Waals surface area contributed by atoms with Gasteiger partial charge in [-0.1, -0.05) is 54.1 Å². The third kappa shape index (κ3) is 5.22. The Morgan fingerprint density at radius 2 is 1.55 bits per heavy atom. The van der Waals surface area contributed by atoms with Crippen molar-refractivity contribution >= 4 is 29.2 Å². The van der Waals surface area contributed by atoms with E-state index in [1.807, 2.05) is 54.6 Å². The second-order valence-electron chi connectivity index (χ2n) is 7.33. The zero-order valence-corrected chi connectivity index (χ0v) is 17.8. The fourth-order valence-electron chi connectivity index (χ4n) is 3.55. The van der Waals surface area contributed by atoms with Crippen LogP contribution in [0.3, 0.4) is 0 Å². The Morgan fingerprint density at radius 1 is 0.871 bits per heavy atom. The van der Waals surface area contributed by atoms with Gasteiger partial charge in [0.05, 0.1) is 11.6 Å². The van der Waals surface area contributed by atoms with Crippen LogP contribution in [-0.4, -0.2) is 54.4 Å². The van der Waals surface area contributed by atoms with Crippen molar-refractivity contribution in [2.45, 2.75) is 0 Å². The number of rotatable bonds is 5. The van der Waals surface area contributed by atoms with Crippen LogP contribution in [-0.2, 0) is 4.79 Å². The molecule has 0 atom stereocenters. The van der Waals surface area contributed by atoms with Crippen molar-refractivity contribution in [1.29, 1.82) is 0 Å². The Morgan fingerprint density at radius 3 is 2.19 bits per heavy atom. The molecular formula is C24H23ClN4O2. The molecule has 7 heteroatoms. The molecule has 1 saturated heterocycles. The first-order valence-corrected chi connectivity index (χ1v) is 10.6. The molecule has 4 rings (SSSR count). The number of hydrogen-bond donors (Lipinski definition) is 1. The first-order valence-electron chi connectivity index (χ1n) is 10.2. The zero-order valence-electron chi connectivity index (χ0n) is 17.0. The molecule has 2 aromatic carbocycles. The number of amides is 2. The highest BCUT2D eigenvalue weighted by Gasteiger charge is 2.22. The van der Waals surface area contributed by atoms with Gasteiger partial charge >= 0.3 is 0 Å². The Bertz CT molecular complexity index is 1030. The monoisotopic (exact) mass is 434 g/mol. The zero-order chi connectivity index (χ0) is 21.6. The van der Waals surface area contributed by atoms with E-state index < -0.39 is 0 Å². The molecule has 2 heterocycles. The van der Waals surface area contributed by atoms with E-state index in [0.29, 0.717) is 36.8 Å². The number of nitrogens with one attached hydrogen (secondary N) is 1. The van der Waals surface area contributed by atoms with Gasteiger partial charge in [0.15, 0.2) is 0 Å². The van der Waals surface area contributed by atoms with Gasteiger partial charge in [-0.15, -0.1) is 0 Å². The molecule has 31 heavy (non-hydrogen) atoms. The lowest BCUT2D eigenvalue weighted by Crippen LogP contribution is -2.51. The number of carbonyl (C=O) groups is 2. The predicted octanol–water partition coefficient (Wildman–Crippen LogP) is 3.48. The molecule has 1 aliphatic heterocycles. The van der Waals surface area contributed by atoms with E-state index in [-0.39, 0.29) is 18.4 Å². The van der Waals surface area contributed by atoms with Crippen LogP contribution in [0.1, 0.15) is 10.4 Å². The van der Waals surface area contributed by atoms with Crippen molar-refractivity contribution < 1.29 is 9.59 Å². The van der Waals surface area contributed by atoms with Gasteiger partial charge in [-0.3, -0.25) is 9.59 Å². The summed E-state index contributed by atoms with van der Waals surface area (Å²) in [6, 6.07) is 21.0. The highest BCUT2D eigenvalue weighted by molar-refractivity contribution is 6.30. The number of pyridine rings is 1. The molecule has 0 bridgehead atoms. The minimum atomic E-state index is -0.253. The molecule has 6 nitrogen and oxygen atoms in total. The number of hydrogen-bond acceptors (Lipinski definition) is 4. The van der Waals surface area contributed by atoms with E-state index in [1.54, 1.807) is 23.2 Å². The lowest BCUT2D eigenvalue weighted by Gasteiger charge is -2.35. The summed E-state index contributed by atoms with van der Waals surface area (Å²) in [6.45, 7) is 2.54. The number of piperazine rings is 1. The van der Waals surface area contributed by atoms with E-state index in [9.17, 15) is 9.59 Å². The van der Waals surface area contributed by atoms with Gasteiger partial charge in [-0.2, -0.15) is 0 Å². The van der Waals surface area contributed by atoms with Crippen molar-refractivity contribution in [1.82, 2.24) is 15.2 Å². The van der Waals surface area contributed by atoms with Gasteiger partial charge in [0.2, 0.25) is 5.91 Å². The predicted molar refractivity (Wildman–Crippen MR) is 122 cm³/mol. The standard InChI is InChI=1S/C24H23ClN4O2/c25-21-10-11-22(26-16-21)28-12-14-29(15-13-28)23(30)17-27-24(31)20-8-6-19(7-9-20)18-4-2-1-3-5-18/h1-11,16H,12-15,17H2,(H,27,31). The van der Waals surface area contributed by atoms with Crippen LogP contribution in [0.2, 0.25) is 5.02 Å². The van der Waals surface area contributed by atoms with Crippen LogP contribution in [0.25, 0.3) is 11.1 Å². The number of nitrogens with zero attached hydrogens (tertiary/aromatic N) is 3. The maximum atomic E-state index is 12.5. The number of aromatic nitrogens is 1. The Labute approximate surface area is 186 Å². The third-order valence-corrected chi connectivity index (χ3v) is 5.55. The summed E-state index contributed by atoms with van der Waals surface area (Å²) in [5, 5.41) is 3.33. The second-order valence-corrected chi connectivity index (χ2v) is 7.76. The molecule has 158 valence electrons. The largest absolute Gasteiger partial charge is 0.353 e. The van der Waals surface area contributed by atoms with Crippen molar-refractivity contribution in [3.8, 4) is 11.1 Å². The molecule has 0 spiro atoms. The summed E-state index contributed by atoms with van der Waals surface area (Å²) in [4.78, 5) is 33.2. The number of halogens is 1. The maximum Gasteiger partial charge on any atom is 0.251 e. The van der Waals surface area contributed by atoms with Gasteiger partial charge in [0, 0.05) is 37.9 Å². The maximum absolute atomic E-state index is 12.5. The Hall–Kier alpha value is -3.38. The van der Waals surface area contributed by atoms with E-state index >= 15 is 0 Å². The fraction of sp³-hybridized carbons (Fsp3) is 0.208. The molecule has 1 aromatic heterocycles. The van der Waals surface area contributed by atoms with Crippen LogP contribution in [0.4, 0.5) is 5.82 Å². The van der Waals surface area contributed by atoms with E-state index in [0.717, 1.165) is 16.9 Å². The summed E-state index contributed by atoms with van der Waals surface area (Å²) in [5.41, 5.74) is 2.67. The van der Waals surface area contributed by atoms with Crippen molar-refractivity contribution in [3.05, 3.63) is 83.5 Å². The molecule has 2 amide bonds. The molecule has 0 unspecified atom stereocenters. The lowest BCUT2D eigenvalue weighted by molar-refractivity contribution is -0.130. The quantitative estimate of drug-likeness (QED) is 0.667. The van der Waals surface area contributed by atoms with E-state index in [4.69, 9.17) is 11.6 Å². The summed E-state index contributed by atoms with van der Waals surface area (Å²) in [7, 11) is 0. The number of carbonyl (C=O) groups excluding carboxylic acids is 2. The third-order valence-electron chi connectivity index (χ3n) is 5.32. The average Bonchev–Trinajstić information content (AvgIpc) is 2.83. The summed E-state index contributed by atoms with van der Waals surface area (Å²) in [5.74, 6) is 0.513. The van der Waals surface area contributed by atoms with Gasteiger partial charge in [-0.25, -0.2) is 4.98 Å². The molecule has 1 fully saturated rings. The van der Waals surface area contributed by atoms with E-state index in [1.165, 1.54) is 0 Å². The van der Waals surface area contributed by atoms with Gasteiger partial charge in [-0.05, 0) is 35.4 Å². The van der Waals surface area contributed by atoms with Crippen LogP contribution in [0.5, 0.6) is 0 Å².